The van der Waals surface area contributed by atoms with Gasteiger partial charge >= 0.3 is 35.9 Å². The average molecular weight is 868 g/mol. The number of Topliss-reactive ketones (excluding diaryl/α,β-unsaturated/α-hetero) is 1. The summed E-state index contributed by atoms with van der Waals surface area (Å²) in [5.74, 6) is -8.86. The number of aromatic hydroxyl groups is 2. The van der Waals surface area contributed by atoms with Gasteiger partial charge in [-0.25, -0.2) is 49.3 Å². The number of carboxylic acid groups (broad SMARTS) is 2. The number of oxime groups is 1. The number of rotatable bonds is 12. The van der Waals surface area contributed by atoms with E-state index in [-0.39, 0.29) is 37.0 Å². The molecule has 28 heteroatoms. The Morgan fingerprint density at radius 3 is 2.31 bits per heavy atom. The highest BCUT2D eigenvalue weighted by molar-refractivity contribution is 8.02. The first-order chi connectivity index (χ1) is 27.2. The van der Waals surface area contributed by atoms with Gasteiger partial charge in [-0.3, -0.25) is 29.5 Å². The maximum Gasteiger partial charge on any atom is 0.350 e. The number of amides is 9. The highest BCUT2D eigenvalue weighted by Crippen LogP contribution is 2.49. The van der Waals surface area contributed by atoms with E-state index in [0.29, 0.717) is 21.7 Å². The number of phenols is 2. The zero-order valence-corrected chi connectivity index (χ0v) is 32.1. The molecule has 308 valence electrons. The third kappa shape index (κ3) is 7.13. The Morgan fingerprint density at radius 1 is 1.00 bits per heavy atom. The van der Waals surface area contributed by atoms with Gasteiger partial charge in [-0.15, -0.1) is 11.3 Å². The molecule has 4 aliphatic heterocycles. The van der Waals surface area contributed by atoms with Gasteiger partial charge in [-0.2, -0.15) is 0 Å². The summed E-state index contributed by atoms with van der Waals surface area (Å²) < 4.78 is 0. The molecule has 1 aromatic heterocycles. The van der Waals surface area contributed by atoms with Crippen LogP contribution >= 0.6 is 34.7 Å². The van der Waals surface area contributed by atoms with Crippen molar-refractivity contribution >= 4 is 99.1 Å². The predicted octanol–water partition coefficient (Wildman–Crippen LogP) is -1.43. The minimum absolute atomic E-state index is 0.0320. The Hall–Kier alpha value is -6.61. The smallest absolute Gasteiger partial charge is 0.350 e. The monoisotopic (exact) mass is 867 g/mol. The molecule has 6 rings (SSSR count). The van der Waals surface area contributed by atoms with E-state index in [2.05, 4.69) is 20.9 Å². The lowest BCUT2D eigenvalue weighted by atomic mass is 10.1. The molecule has 4 saturated heterocycles. The minimum Gasteiger partial charge on any atom is -0.504 e. The lowest BCUT2D eigenvalue weighted by molar-refractivity contribution is -0.161. The Balaban J connectivity index is 1.09. The molecule has 3 atom stereocenters. The number of anilines is 1. The summed E-state index contributed by atoms with van der Waals surface area (Å²) in [7, 11) is 0. The van der Waals surface area contributed by atoms with E-state index in [9.17, 15) is 63.6 Å². The molecule has 58 heavy (non-hydrogen) atoms. The number of aliphatic carboxylic acids is 2. The second-order valence-electron chi connectivity index (χ2n) is 13.1. The summed E-state index contributed by atoms with van der Waals surface area (Å²) in [4.78, 5) is 125. The Labute approximate surface area is 337 Å². The van der Waals surface area contributed by atoms with E-state index in [1.807, 2.05) is 5.43 Å². The van der Waals surface area contributed by atoms with Crippen molar-refractivity contribution in [3.63, 3.8) is 0 Å². The number of hydrogen-bond acceptors (Lipinski definition) is 17. The molecule has 25 nitrogen and oxygen atoms in total. The first kappa shape index (κ1) is 41.0. The molecule has 5 heterocycles. The number of nitrogens with zero attached hydrogens (tertiary/aromatic N) is 7. The topological polar surface area (TPSA) is 347 Å². The number of urea groups is 3. The van der Waals surface area contributed by atoms with Crippen LogP contribution < -0.4 is 21.9 Å². The maximum absolute atomic E-state index is 13.6. The van der Waals surface area contributed by atoms with Crippen LogP contribution in [0.15, 0.2) is 22.7 Å². The number of aromatic nitrogens is 1. The number of carbonyl (C=O) groups is 9. The number of thiazole rings is 1. The maximum atomic E-state index is 13.6. The molecule has 0 saturated carbocycles. The van der Waals surface area contributed by atoms with E-state index in [1.54, 1.807) is 0 Å². The van der Waals surface area contributed by atoms with Crippen molar-refractivity contribution in [2.24, 2.45) is 5.16 Å². The lowest BCUT2D eigenvalue weighted by Gasteiger charge is -2.41. The van der Waals surface area contributed by atoms with Crippen LogP contribution in [0, 0.1) is 0 Å². The van der Waals surface area contributed by atoms with Crippen molar-refractivity contribution in [1.82, 2.24) is 45.9 Å². The SMILES string of the molecule is CC(C)(O/N=C(\C(=O)NC1C(=O)N2C[C@@](C(=O)O)(N3CCN(NC(=O)N4CCN(NC(=O)C(=O)c5ccc(O)c(O)c5Cl)C4=O)C3=O)S[C@H]12)c1csc(N)n1)C(=O)O. The highest BCUT2D eigenvalue weighted by Gasteiger charge is 2.66. The van der Waals surface area contributed by atoms with Gasteiger partial charge in [-0.1, -0.05) is 28.5 Å². The molecule has 0 aliphatic carbocycles. The zero-order valence-electron chi connectivity index (χ0n) is 29.7. The van der Waals surface area contributed by atoms with Gasteiger partial charge in [0.25, 0.3) is 11.7 Å². The number of β-lactam (4-membered cyclic amide) rings is 1. The van der Waals surface area contributed by atoms with Crippen LogP contribution in [0.25, 0.3) is 0 Å². The number of imide groups is 1. The Morgan fingerprint density at radius 2 is 1.67 bits per heavy atom. The van der Waals surface area contributed by atoms with Gasteiger partial charge in [0, 0.05) is 11.9 Å². The van der Waals surface area contributed by atoms with Crippen molar-refractivity contribution in [2.45, 2.75) is 35.7 Å². The molecule has 0 bridgehead atoms. The molecule has 2 aromatic rings. The summed E-state index contributed by atoms with van der Waals surface area (Å²) in [5, 5.41) is 46.3. The number of hydrogen-bond donors (Lipinski definition) is 8. The highest BCUT2D eigenvalue weighted by atomic mass is 35.5. The number of carboxylic acids is 2. The fourth-order valence-electron chi connectivity index (χ4n) is 5.82. The number of nitrogens with two attached hydrogens (primary N) is 1. The molecule has 1 aromatic carbocycles. The lowest BCUT2D eigenvalue weighted by Crippen LogP contribution is -2.68. The van der Waals surface area contributed by atoms with Gasteiger partial charge in [-0.05, 0) is 26.0 Å². The number of carbonyl (C=O) groups excluding carboxylic acids is 7. The molecule has 0 radical (unpaired) electrons. The third-order valence-electron chi connectivity index (χ3n) is 9.03. The molecule has 1 unspecified atom stereocenters. The van der Waals surface area contributed by atoms with E-state index in [4.69, 9.17) is 22.2 Å². The summed E-state index contributed by atoms with van der Waals surface area (Å²) in [6.07, 6.45) is 0. The summed E-state index contributed by atoms with van der Waals surface area (Å²) >= 11 is 7.44. The largest absolute Gasteiger partial charge is 0.504 e. The number of ketones is 1. The second kappa shape index (κ2) is 15.0. The molecule has 9 N–H and O–H groups in total. The van der Waals surface area contributed by atoms with Crippen LogP contribution in [0.5, 0.6) is 11.5 Å². The first-order valence-electron chi connectivity index (χ1n) is 16.5. The fraction of sp³-hybridized carbons (Fsp3) is 0.367. The number of benzene rings is 1. The molecule has 9 amide bonds. The number of fused-ring (bicyclic) bond motifs is 1. The first-order valence-corrected chi connectivity index (χ1v) is 18.6. The quantitative estimate of drug-likeness (QED) is 0.0303. The van der Waals surface area contributed by atoms with Gasteiger partial charge < -0.3 is 41.2 Å². The van der Waals surface area contributed by atoms with E-state index < -0.39 is 110 Å². The number of nitrogen functional groups attached to an aromatic ring is 1. The van der Waals surface area contributed by atoms with E-state index >= 15 is 0 Å². The van der Waals surface area contributed by atoms with Gasteiger partial charge in [0.1, 0.15) is 17.1 Å². The van der Waals surface area contributed by atoms with Crippen molar-refractivity contribution in [3.8, 4) is 11.5 Å². The van der Waals surface area contributed by atoms with Crippen LogP contribution in [0.4, 0.5) is 19.5 Å². The van der Waals surface area contributed by atoms with E-state index in [0.717, 1.165) is 38.3 Å². The molecule has 4 fully saturated rings. The number of phenolic OH excluding ortho intramolecular Hbond substituents is 2. The summed E-state index contributed by atoms with van der Waals surface area (Å²) in [6.45, 7) is 0.616. The third-order valence-corrected chi connectivity index (χ3v) is 11.8. The predicted molar refractivity (Wildman–Crippen MR) is 195 cm³/mol. The van der Waals surface area contributed by atoms with Crippen molar-refractivity contribution in [3.05, 3.63) is 33.8 Å². The van der Waals surface area contributed by atoms with Crippen molar-refractivity contribution < 1.29 is 68.4 Å². The fourth-order valence-corrected chi connectivity index (χ4v) is 8.25. The van der Waals surface area contributed by atoms with Gasteiger partial charge in [0.05, 0.1) is 36.8 Å². The number of hydrazine groups is 2. The van der Waals surface area contributed by atoms with Gasteiger partial charge in [0.2, 0.25) is 16.4 Å². The molecule has 0 spiro atoms. The zero-order chi connectivity index (χ0) is 42.6. The summed E-state index contributed by atoms with van der Waals surface area (Å²) in [5.41, 5.74) is 6.91. The second-order valence-corrected chi connectivity index (χ2v) is 15.7. The number of halogens is 1. The van der Waals surface area contributed by atoms with Crippen molar-refractivity contribution in [1.29, 1.82) is 0 Å². The molecule has 4 aliphatic rings. The van der Waals surface area contributed by atoms with Crippen molar-refractivity contribution in [2.75, 3.05) is 38.5 Å². The number of thioether (sulfide) groups is 1. The normalized spacial score (nSPS) is 21.8. The Kier molecular flexibility index (Phi) is 10.6. The van der Waals surface area contributed by atoms with E-state index in [1.165, 1.54) is 19.2 Å². The molecular formula is C30H30ClN11O14S2. The minimum atomic E-state index is -2.11. The van der Waals surface area contributed by atoms with Crippen LogP contribution in [0.3, 0.4) is 0 Å². The van der Waals surface area contributed by atoms with Crippen LogP contribution in [-0.2, 0) is 28.8 Å². The average Bonchev–Trinajstić information content (AvgIpc) is 3.95. The summed E-state index contributed by atoms with van der Waals surface area (Å²) in [6, 6.07) is -2.76. The standard InChI is InChI=1S/C30H30ClN11O14S2/c1-29(2,23(49)50)56-37-15(12-9-57-25(32)33-12)19(46)34-16-21(48)39-10-30(24(51)52,58-22(16)39)40-6-8-42(28(40)55)36-26(53)38-5-7-41(27(38)54)35-20(47)17(44)11-3-4-13(43)18(45)14(11)31/h3-4,9,16,22,43,45H,5-8,10H2,1-2H3,(H2,32,33)(H,34,46)(H,35,47)(H,36,53)(H,49,50)(H,51,52)/b37-15-/t16?,22-,30-/m1/s1. The Bertz CT molecular complexity index is 2220. The van der Waals surface area contributed by atoms with Crippen LogP contribution in [0.1, 0.15) is 29.9 Å². The van der Waals surface area contributed by atoms with Crippen LogP contribution in [0.2, 0.25) is 5.02 Å². The van der Waals surface area contributed by atoms with Crippen LogP contribution in [-0.4, -0.2) is 164 Å². The molecular weight excluding hydrogens is 838 g/mol. The van der Waals surface area contributed by atoms with Gasteiger partial charge in [0.15, 0.2) is 22.3 Å². The number of nitrogens with one attached hydrogen (secondary N) is 3.